The average Bonchev–Trinajstić information content (AvgIpc) is 3.00. The summed E-state index contributed by atoms with van der Waals surface area (Å²) in [5.41, 5.74) is -1.14. The topological polar surface area (TPSA) is 90.3 Å². The molecule has 1 N–H and O–H groups in total. The van der Waals surface area contributed by atoms with E-state index in [0.29, 0.717) is 18.2 Å². The lowest BCUT2D eigenvalue weighted by Crippen LogP contribution is -2.29. The van der Waals surface area contributed by atoms with Crippen LogP contribution in [0.3, 0.4) is 0 Å². The molecule has 1 aromatic heterocycles. The minimum absolute atomic E-state index is 0.0376. The van der Waals surface area contributed by atoms with Gasteiger partial charge in [-0.3, -0.25) is 24.3 Å². The summed E-state index contributed by atoms with van der Waals surface area (Å²) in [6.45, 7) is 1.74. The molecule has 7 nitrogen and oxygen atoms in total. The summed E-state index contributed by atoms with van der Waals surface area (Å²) in [4.78, 5) is 38.4. The van der Waals surface area contributed by atoms with Crippen molar-refractivity contribution in [1.82, 2.24) is 14.9 Å². The fourth-order valence-electron chi connectivity index (χ4n) is 2.93. The van der Waals surface area contributed by atoms with Crippen LogP contribution in [0, 0.1) is 0 Å². The summed E-state index contributed by atoms with van der Waals surface area (Å²) in [5, 5.41) is 1.41. The first-order valence-corrected chi connectivity index (χ1v) is 9.96. The summed E-state index contributed by atoms with van der Waals surface area (Å²) < 4.78 is 45.2. The SMILES string of the molecule is CCc1nc(C(F)(F)F)cc(=O)n1CCOc1ccc(CC2SC(=O)NC2=O)cc1. The Balaban J connectivity index is 1.59. The highest BCUT2D eigenvalue weighted by molar-refractivity contribution is 8.15. The van der Waals surface area contributed by atoms with Gasteiger partial charge in [0.2, 0.25) is 5.91 Å². The number of thioether (sulfide) groups is 1. The van der Waals surface area contributed by atoms with E-state index in [1.54, 1.807) is 31.2 Å². The third-order valence-corrected chi connectivity index (χ3v) is 5.37. The molecule has 0 spiro atoms. The number of aromatic nitrogens is 2. The second kappa shape index (κ2) is 8.90. The number of nitrogens with zero attached hydrogens (tertiary/aromatic N) is 2. The monoisotopic (exact) mass is 441 g/mol. The molecule has 2 heterocycles. The first kappa shape index (κ1) is 21.9. The molecule has 1 aliphatic rings. The minimum atomic E-state index is -4.68. The van der Waals surface area contributed by atoms with Crippen LogP contribution in [0.25, 0.3) is 0 Å². The fourth-order valence-corrected chi connectivity index (χ4v) is 3.79. The molecule has 0 radical (unpaired) electrons. The molecule has 1 aliphatic heterocycles. The van der Waals surface area contributed by atoms with Gasteiger partial charge in [0.25, 0.3) is 10.8 Å². The highest BCUT2D eigenvalue weighted by atomic mass is 32.2. The molecule has 1 saturated heterocycles. The third-order valence-electron chi connectivity index (χ3n) is 4.39. The standard InChI is InChI=1S/C19H18F3N3O4S/c1-2-15-23-14(19(20,21)22)10-16(26)25(15)7-8-29-12-5-3-11(4-6-12)9-13-17(27)24-18(28)30-13/h3-6,10,13H,2,7-9H2,1H3,(H,24,27,28). The van der Waals surface area contributed by atoms with Crippen molar-refractivity contribution in [3.05, 3.63) is 57.8 Å². The number of amides is 2. The maximum absolute atomic E-state index is 12.8. The summed E-state index contributed by atoms with van der Waals surface area (Å²) in [6.07, 6.45) is -4.11. The van der Waals surface area contributed by atoms with Gasteiger partial charge in [-0.05, 0) is 24.1 Å². The Hall–Kier alpha value is -2.82. The number of hydrogen-bond acceptors (Lipinski definition) is 6. The quantitative estimate of drug-likeness (QED) is 0.711. The molecule has 11 heteroatoms. The second-order valence-electron chi connectivity index (χ2n) is 6.48. The Morgan fingerprint density at radius 3 is 2.47 bits per heavy atom. The van der Waals surface area contributed by atoms with Gasteiger partial charge in [-0.2, -0.15) is 13.2 Å². The number of aryl methyl sites for hydroxylation is 1. The van der Waals surface area contributed by atoms with Crippen LogP contribution in [0.1, 0.15) is 24.0 Å². The average molecular weight is 441 g/mol. The van der Waals surface area contributed by atoms with Crippen LogP contribution < -0.4 is 15.6 Å². The molecule has 1 unspecified atom stereocenters. The van der Waals surface area contributed by atoms with E-state index in [-0.39, 0.29) is 36.5 Å². The maximum Gasteiger partial charge on any atom is 0.433 e. The summed E-state index contributed by atoms with van der Waals surface area (Å²) in [6, 6.07) is 7.37. The van der Waals surface area contributed by atoms with Gasteiger partial charge in [0.1, 0.15) is 18.2 Å². The van der Waals surface area contributed by atoms with E-state index in [1.165, 1.54) is 0 Å². The summed E-state index contributed by atoms with van der Waals surface area (Å²) in [5.74, 6) is 0.229. The largest absolute Gasteiger partial charge is 0.492 e. The van der Waals surface area contributed by atoms with E-state index in [4.69, 9.17) is 4.74 Å². The lowest BCUT2D eigenvalue weighted by molar-refractivity contribution is -0.141. The fraction of sp³-hybridized carbons (Fsp3) is 0.368. The molecule has 30 heavy (non-hydrogen) atoms. The van der Waals surface area contributed by atoms with Crippen molar-refractivity contribution < 1.29 is 27.5 Å². The van der Waals surface area contributed by atoms with Crippen molar-refractivity contribution in [2.24, 2.45) is 0 Å². The summed E-state index contributed by atoms with van der Waals surface area (Å²) in [7, 11) is 0. The molecule has 2 aromatic rings. The highest BCUT2D eigenvalue weighted by Crippen LogP contribution is 2.27. The first-order valence-electron chi connectivity index (χ1n) is 9.08. The van der Waals surface area contributed by atoms with Crippen molar-refractivity contribution in [2.45, 2.75) is 37.7 Å². The van der Waals surface area contributed by atoms with Crippen LogP contribution in [0.2, 0.25) is 0 Å². The molecule has 160 valence electrons. The van der Waals surface area contributed by atoms with E-state index in [2.05, 4.69) is 10.3 Å². The highest BCUT2D eigenvalue weighted by Gasteiger charge is 2.34. The van der Waals surface area contributed by atoms with Crippen molar-refractivity contribution in [3.8, 4) is 5.75 Å². The first-order chi connectivity index (χ1) is 14.2. The second-order valence-corrected chi connectivity index (χ2v) is 7.65. The number of hydrogen-bond donors (Lipinski definition) is 1. The van der Waals surface area contributed by atoms with Gasteiger partial charge in [-0.1, -0.05) is 30.8 Å². The Morgan fingerprint density at radius 1 is 1.20 bits per heavy atom. The number of carbonyl (C=O) groups excluding carboxylic acids is 2. The molecule has 0 bridgehead atoms. The number of benzene rings is 1. The lowest BCUT2D eigenvalue weighted by atomic mass is 10.1. The van der Waals surface area contributed by atoms with Gasteiger partial charge in [0.05, 0.1) is 11.8 Å². The third kappa shape index (κ3) is 5.21. The van der Waals surface area contributed by atoms with Crippen molar-refractivity contribution in [3.63, 3.8) is 0 Å². The van der Waals surface area contributed by atoms with Crippen LogP contribution >= 0.6 is 11.8 Å². The van der Waals surface area contributed by atoms with E-state index >= 15 is 0 Å². The normalized spacial score (nSPS) is 16.6. The van der Waals surface area contributed by atoms with Gasteiger partial charge in [-0.25, -0.2) is 4.98 Å². The van der Waals surface area contributed by atoms with Crippen molar-refractivity contribution >= 4 is 22.9 Å². The van der Waals surface area contributed by atoms with Crippen LogP contribution in [-0.2, 0) is 30.4 Å². The smallest absolute Gasteiger partial charge is 0.433 e. The van der Waals surface area contributed by atoms with Gasteiger partial charge < -0.3 is 4.74 Å². The van der Waals surface area contributed by atoms with Gasteiger partial charge >= 0.3 is 6.18 Å². The molecule has 0 aliphatic carbocycles. The predicted octanol–water partition coefficient (Wildman–Crippen LogP) is 2.80. The minimum Gasteiger partial charge on any atom is -0.492 e. The maximum atomic E-state index is 12.8. The molecular weight excluding hydrogens is 423 g/mol. The molecule has 3 rings (SSSR count). The van der Waals surface area contributed by atoms with Crippen LogP contribution in [0.5, 0.6) is 5.75 Å². The summed E-state index contributed by atoms with van der Waals surface area (Å²) >= 11 is 0.952. The number of alkyl halides is 3. The zero-order valence-corrected chi connectivity index (χ0v) is 16.7. The molecule has 0 saturated carbocycles. The van der Waals surface area contributed by atoms with Gasteiger partial charge in [0, 0.05) is 12.5 Å². The Kier molecular flexibility index (Phi) is 6.49. The molecule has 2 amide bonds. The van der Waals surface area contributed by atoms with E-state index < -0.39 is 22.7 Å². The lowest BCUT2D eigenvalue weighted by Gasteiger charge is -2.14. The number of halogens is 3. The van der Waals surface area contributed by atoms with Gasteiger partial charge in [-0.15, -0.1) is 0 Å². The number of nitrogens with one attached hydrogen (secondary N) is 1. The van der Waals surface area contributed by atoms with Crippen molar-refractivity contribution in [2.75, 3.05) is 6.61 Å². The van der Waals surface area contributed by atoms with Gasteiger partial charge in [0.15, 0.2) is 5.69 Å². The van der Waals surface area contributed by atoms with Crippen LogP contribution in [-0.4, -0.2) is 32.6 Å². The molecule has 1 aromatic carbocycles. The molecule has 1 fully saturated rings. The number of imide groups is 1. The van der Waals surface area contributed by atoms with Crippen LogP contribution in [0.15, 0.2) is 35.1 Å². The zero-order chi connectivity index (χ0) is 21.9. The Bertz CT molecular complexity index is 1010. The van der Waals surface area contributed by atoms with Crippen LogP contribution in [0.4, 0.5) is 18.0 Å². The zero-order valence-electron chi connectivity index (χ0n) is 15.9. The molecular formula is C19H18F3N3O4S. The van der Waals surface area contributed by atoms with E-state index in [9.17, 15) is 27.6 Å². The van der Waals surface area contributed by atoms with Crippen molar-refractivity contribution in [1.29, 1.82) is 0 Å². The van der Waals surface area contributed by atoms with E-state index in [0.717, 1.165) is 21.9 Å². The number of ether oxygens (including phenoxy) is 1. The Morgan fingerprint density at radius 2 is 1.90 bits per heavy atom. The Labute approximate surface area is 173 Å². The number of rotatable bonds is 7. The molecule has 1 atom stereocenters. The predicted molar refractivity (Wildman–Crippen MR) is 103 cm³/mol. The van der Waals surface area contributed by atoms with E-state index in [1.807, 2.05) is 0 Å². The number of carbonyl (C=O) groups is 2.